The van der Waals surface area contributed by atoms with Crippen molar-refractivity contribution in [3.05, 3.63) is 54.0 Å². The number of hydrogen-bond acceptors (Lipinski definition) is 8. The number of benzene rings is 1. The number of anilines is 1. The summed E-state index contributed by atoms with van der Waals surface area (Å²) in [4.78, 5) is 19.4. The molecule has 1 aromatic carbocycles. The maximum Gasteiger partial charge on any atom is 0.251 e. The van der Waals surface area contributed by atoms with Gasteiger partial charge in [0.15, 0.2) is 15.0 Å². The van der Waals surface area contributed by atoms with E-state index in [2.05, 4.69) is 34.4 Å². The Bertz CT molecular complexity index is 1080. The predicted octanol–water partition coefficient (Wildman–Crippen LogP) is 2.99. The van der Waals surface area contributed by atoms with Crippen LogP contribution in [0.1, 0.15) is 36.4 Å². The van der Waals surface area contributed by atoms with Crippen molar-refractivity contribution >= 4 is 38.4 Å². The molecule has 178 valence electrons. The summed E-state index contributed by atoms with van der Waals surface area (Å²) < 4.78 is 28.9. The van der Waals surface area contributed by atoms with Crippen LogP contribution in [0.2, 0.25) is 0 Å². The zero-order chi connectivity index (χ0) is 23.4. The molecule has 0 spiro atoms. The largest absolute Gasteiger partial charge is 0.468 e. The first-order valence-corrected chi connectivity index (χ1v) is 13.9. The molecule has 1 saturated heterocycles. The highest BCUT2D eigenvalue weighted by molar-refractivity contribution is 8.15. The zero-order valence-electron chi connectivity index (χ0n) is 18.9. The molecular formula is C23H30N4O4S2. The number of nitrogens with zero attached hydrogens (tertiary/aromatic N) is 2. The van der Waals surface area contributed by atoms with Crippen molar-refractivity contribution in [1.29, 1.82) is 0 Å². The zero-order valence-corrected chi connectivity index (χ0v) is 20.5. The number of amides is 1. The van der Waals surface area contributed by atoms with Gasteiger partial charge < -0.3 is 15.1 Å². The molecule has 0 bridgehead atoms. The van der Waals surface area contributed by atoms with Gasteiger partial charge in [-0.1, -0.05) is 18.7 Å². The average molecular weight is 491 g/mol. The van der Waals surface area contributed by atoms with Crippen molar-refractivity contribution in [2.45, 2.75) is 44.1 Å². The second kappa shape index (κ2) is 10.3. The molecule has 3 atom stereocenters. The van der Waals surface area contributed by atoms with Crippen LogP contribution in [0.25, 0.3) is 0 Å². The van der Waals surface area contributed by atoms with Crippen LogP contribution >= 0.6 is 11.8 Å². The number of sulfone groups is 1. The summed E-state index contributed by atoms with van der Waals surface area (Å²) in [6.07, 6.45) is 2.70. The summed E-state index contributed by atoms with van der Waals surface area (Å²) in [5.74, 6) is 1.12. The molecule has 2 aliphatic heterocycles. The average Bonchev–Trinajstić information content (AvgIpc) is 3.48. The number of fused-ring (bicyclic) bond motifs is 1. The lowest BCUT2D eigenvalue weighted by Gasteiger charge is -2.27. The molecule has 33 heavy (non-hydrogen) atoms. The van der Waals surface area contributed by atoms with Gasteiger partial charge in [0.1, 0.15) is 5.76 Å². The van der Waals surface area contributed by atoms with E-state index in [1.165, 1.54) is 11.8 Å². The molecule has 0 unspecified atom stereocenters. The van der Waals surface area contributed by atoms with Crippen LogP contribution < -0.4 is 10.6 Å². The quantitative estimate of drug-likeness (QED) is 0.557. The Morgan fingerprint density at radius 2 is 2.06 bits per heavy atom. The number of hydrogen-bond donors (Lipinski definition) is 2. The van der Waals surface area contributed by atoms with Gasteiger partial charge in [-0.05, 0) is 49.7 Å². The van der Waals surface area contributed by atoms with Crippen LogP contribution in [0.4, 0.5) is 5.69 Å². The van der Waals surface area contributed by atoms with Gasteiger partial charge in [0.25, 0.3) is 5.91 Å². The Hall–Kier alpha value is -2.30. The third-order valence-corrected chi connectivity index (χ3v) is 9.20. The molecule has 0 saturated carbocycles. The Morgan fingerprint density at radius 1 is 1.27 bits per heavy atom. The summed E-state index contributed by atoms with van der Waals surface area (Å²) >= 11 is 1.48. The molecule has 1 fully saturated rings. The Kier molecular flexibility index (Phi) is 7.45. The van der Waals surface area contributed by atoms with E-state index in [0.717, 1.165) is 29.6 Å². The van der Waals surface area contributed by atoms with Gasteiger partial charge in [-0.3, -0.25) is 14.7 Å². The number of amidine groups is 1. The predicted molar refractivity (Wildman–Crippen MR) is 133 cm³/mol. The van der Waals surface area contributed by atoms with E-state index in [1.54, 1.807) is 18.4 Å². The minimum atomic E-state index is -2.96. The third kappa shape index (κ3) is 6.18. The van der Waals surface area contributed by atoms with Crippen molar-refractivity contribution in [3.8, 4) is 0 Å². The minimum Gasteiger partial charge on any atom is -0.468 e. The fourth-order valence-electron chi connectivity index (χ4n) is 3.98. The lowest BCUT2D eigenvalue weighted by molar-refractivity contribution is 0.0941. The van der Waals surface area contributed by atoms with Gasteiger partial charge in [-0.2, -0.15) is 0 Å². The molecule has 8 nitrogen and oxygen atoms in total. The summed E-state index contributed by atoms with van der Waals surface area (Å²) in [6, 6.07) is 11.3. The van der Waals surface area contributed by atoms with Crippen LogP contribution in [0, 0.1) is 0 Å². The smallest absolute Gasteiger partial charge is 0.251 e. The van der Waals surface area contributed by atoms with Crippen molar-refractivity contribution in [3.63, 3.8) is 0 Å². The van der Waals surface area contributed by atoms with Crippen LogP contribution in [0.3, 0.4) is 0 Å². The number of furan rings is 1. The van der Waals surface area contributed by atoms with Crippen molar-refractivity contribution in [2.75, 3.05) is 29.9 Å². The topological polar surface area (TPSA) is 104 Å². The van der Waals surface area contributed by atoms with Gasteiger partial charge in [0, 0.05) is 35.6 Å². The SMILES string of the molecule is CC[C@H](C)N(CCNC(=O)c1ccc(NC2=N[C@@H]3CS(=O)(=O)C[C@@H]3S2)cc1)Cc1ccco1. The maximum absolute atomic E-state index is 12.6. The second-order valence-corrected chi connectivity index (χ2v) is 11.9. The lowest BCUT2D eigenvalue weighted by Crippen LogP contribution is -2.39. The summed E-state index contributed by atoms with van der Waals surface area (Å²) in [5, 5.41) is 6.97. The van der Waals surface area contributed by atoms with E-state index >= 15 is 0 Å². The molecule has 4 rings (SSSR count). The van der Waals surface area contributed by atoms with Crippen LogP contribution in [-0.2, 0) is 16.4 Å². The van der Waals surface area contributed by atoms with E-state index in [9.17, 15) is 13.2 Å². The number of carbonyl (C=O) groups is 1. The highest BCUT2D eigenvalue weighted by Gasteiger charge is 2.42. The fraction of sp³-hybridized carbons (Fsp3) is 0.478. The molecule has 1 aromatic heterocycles. The molecule has 3 heterocycles. The molecule has 2 aliphatic rings. The fourth-order valence-corrected chi connectivity index (χ4v) is 7.65. The van der Waals surface area contributed by atoms with Gasteiger partial charge in [-0.15, -0.1) is 0 Å². The van der Waals surface area contributed by atoms with E-state index in [4.69, 9.17) is 4.42 Å². The van der Waals surface area contributed by atoms with Crippen LogP contribution in [-0.4, -0.2) is 66.3 Å². The summed E-state index contributed by atoms with van der Waals surface area (Å²) in [5.41, 5.74) is 1.41. The molecule has 0 radical (unpaired) electrons. The highest BCUT2D eigenvalue weighted by atomic mass is 32.2. The molecule has 2 aromatic rings. The van der Waals surface area contributed by atoms with E-state index in [-0.39, 0.29) is 28.7 Å². The molecule has 1 amide bonds. The standard InChI is InChI=1S/C23H30N4O4S2/c1-3-16(2)27(13-19-5-4-12-31-19)11-10-24-22(28)17-6-8-18(9-7-17)25-23-26-20-14-33(29,30)15-21(20)32-23/h4-9,12,16,20-21H,3,10-11,13-15H2,1-2H3,(H,24,28)(H,25,26)/t16-,20+,21-/m0/s1. The molecular weight excluding hydrogens is 460 g/mol. The number of carbonyl (C=O) groups excluding carboxylic acids is 1. The van der Waals surface area contributed by atoms with E-state index in [1.807, 2.05) is 24.3 Å². The van der Waals surface area contributed by atoms with Crippen LogP contribution in [0.5, 0.6) is 0 Å². The number of nitrogens with one attached hydrogen (secondary N) is 2. The lowest BCUT2D eigenvalue weighted by atomic mass is 10.2. The second-order valence-electron chi connectivity index (χ2n) is 8.50. The summed E-state index contributed by atoms with van der Waals surface area (Å²) in [7, 11) is -2.96. The first-order valence-electron chi connectivity index (χ1n) is 11.2. The van der Waals surface area contributed by atoms with Gasteiger partial charge >= 0.3 is 0 Å². The van der Waals surface area contributed by atoms with Gasteiger partial charge in [-0.25, -0.2) is 8.42 Å². The third-order valence-electron chi connectivity index (χ3n) is 6.05. The minimum absolute atomic E-state index is 0.00493. The monoisotopic (exact) mass is 490 g/mol. The highest BCUT2D eigenvalue weighted by Crippen LogP contribution is 2.34. The first-order chi connectivity index (χ1) is 15.8. The van der Waals surface area contributed by atoms with E-state index < -0.39 is 9.84 Å². The first kappa shape index (κ1) is 23.8. The van der Waals surface area contributed by atoms with E-state index in [0.29, 0.717) is 24.7 Å². The summed E-state index contributed by atoms with van der Waals surface area (Å²) in [6.45, 7) is 6.32. The Balaban J connectivity index is 1.26. The number of aliphatic imine (C=N–C) groups is 1. The number of rotatable bonds is 9. The molecule has 2 N–H and O–H groups in total. The molecule has 10 heteroatoms. The van der Waals surface area contributed by atoms with Crippen LogP contribution in [0.15, 0.2) is 52.1 Å². The van der Waals surface area contributed by atoms with Crippen molar-refractivity contribution in [2.24, 2.45) is 4.99 Å². The van der Waals surface area contributed by atoms with Crippen molar-refractivity contribution < 1.29 is 17.6 Å². The normalized spacial score (nSPS) is 22.1. The van der Waals surface area contributed by atoms with Gasteiger partial charge in [0.05, 0.1) is 30.4 Å². The number of thioether (sulfide) groups is 1. The molecule has 0 aliphatic carbocycles. The maximum atomic E-state index is 12.6. The van der Waals surface area contributed by atoms with Crippen molar-refractivity contribution in [1.82, 2.24) is 10.2 Å². The Labute approximate surface area is 199 Å². The Morgan fingerprint density at radius 3 is 2.73 bits per heavy atom. The van der Waals surface area contributed by atoms with Gasteiger partial charge in [0.2, 0.25) is 0 Å².